The van der Waals surface area contributed by atoms with Crippen LogP contribution in [0, 0.1) is 18.3 Å². The molecule has 0 amide bonds. The van der Waals surface area contributed by atoms with Crippen LogP contribution >= 0.6 is 11.6 Å². The van der Waals surface area contributed by atoms with Crippen molar-refractivity contribution in [1.82, 2.24) is 4.98 Å². The topological polar surface area (TPSA) is 45.9 Å². The molecule has 4 heteroatoms. The van der Waals surface area contributed by atoms with E-state index >= 15 is 0 Å². The largest absolute Gasteiger partial charge is 0.481 e. The highest BCUT2D eigenvalue weighted by atomic mass is 35.5. The molecule has 1 heterocycles. The van der Waals surface area contributed by atoms with Crippen molar-refractivity contribution in [3.8, 4) is 11.9 Å². The lowest BCUT2D eigenvalue weighted by Gasteiger charge is -2.02. The summed E-state index contributed by atoms with van der Waals surface area (Å²) in [7, 11) is 1.50. The number of hydrogen-bond acceptors (Lipinski definition) is 3. The van der Waals surface area contributed by atoms with E-state index in [2.05, 4.69) is 4.98 Å². The van der Waals surface area contributed by atoms with E-state index < -0.39 is 0 Å². The molecule has 1 aromatic heterocycles. The SMILES string of the molecule is COc1cc(C#N)c(Cl)c(C)n1. The molecule has 0 aromatic carbocycles. The fourth-order valence-corrected chi connectivity index (χ4v) is 0.953. The number of ether oxygens (including phenoxy) is 1. The third-order valence-corrected chi connectivity index (χ3v) is 1.91. The highest BCUT2D eigenvalue weighted by Gasteiger charge is 2.06. The van der Waals surface area contributed by atoms with Crippen LogP contribution in [0.1, 0.15) is 11.3 Å². The molecule has 3 nitrogen and oxygen atoms in total. The third-order valence-electron chi connectivity index (χ3n) is 1.43. The summed E-state index contributed by atoms with van der Waals surface area (Å²) in [5.74, 6) is 0.411. The van der Waals surface area contributed by atoms with Crippen LogP contribution in [0.15, 0.2) is 6.07 Å². The van der Waals surface area contributed by atoms with Gasteiger partial charge in [-0.1, -0.05) is 11.6 Å². The highest BCUT2D eigenvalue weighted by molar-refractivity contribution is 6.32. The molecule has 0 aliphatic carbocycles. The van der Waals surface area contributed by atoms with Crippen LogP contribution in [0.25, 0.3) is 0 Å². The van der Waals surface area contributed by atoms with Gasteiger partial charge in [-0.3, -0.25) is 0 Å². The van der Waals surface area contributed by atoms with Crippen LogP contribution in [0.3, 0.4) is 0 Å². The Morgan fingerprint density at radius 2 is 2.33 bits per heavy atom. The number of halogens is 1. The van der Waals surface area contributed by atoms with E-state index in [1.54, 1.807) is 6.92 Å². The number of hydrogen-bond donors (Lipinski definition) is 0. The number of aromatic nitrogens is 1. The van der Waals surface area contributed by atoms with Crippen molar-refractivity contribution >= 4 is 11.6 Å². The molecule has 0 unspecified atom stereocenters. The van der Waals surface area contributed by atoms with Crippen molar-refractivity contribution in [1.29, 1.82) is 5.26 Å². The molecule has 0 atom stereocenters. The standard InChI is InChI=1S/C8H7ClN2O/c1-5-8(9)6(4-10)3-7(11-5)12-2/h3H,1-2H3. The van der Waals surface area contributed by atoms with Gasteiger partial charge in [0.25, 0.3) is 0 Å². The molecule has 0 bridgehead atoms. The minimum atomic E-state index is 0.387. The lowest BCUT2D eigenvalue weighted by atomic mass is 10.2. The van der Waals surface area contributed by atoms with E-state index in [-0.39, 0.29) is 0 Å². The monoisotopic (exact) mass is 182 g/mol. The van der Waals surface area contributed by atoms with Gasteiger partial charge in [-0.2, -0.15) is 5.26 Å². The van der Waals surface area contributed by atoms with Gasteiger partial charge in [0, 0.05) is 6.07 Å². The molecule has 12 heavy (non-hydrogen) atoms. The van der Waals surface area contributed by atoms with E-state index in [1.807, 2.05) is 6.07 Å². The number of nitrogens with zero attached hydrogens (tertiary/aromatic N) is 2. The van der Waals surface area contributed by atoms with Crippen LogP contribution < -0.4 is 4.74 Å². The molecule has 0 aliphatic heterocycles. The molecule has 0 aliphatic rings. The second-order valence-corrected chi connectivity index (χ2v) is 2.60. The lowest BCUT2D eigenvalue weighted by molar-refractivity contribution is 0.397. The summed E-state index contributed by atoms with van der Waals surface area (Å²) in [6.45, 7) is 1.73. The number of pyridine rings is 1. The van der Waals surface area contributed by atoms with E-state index in [4.69, 9.17) is 21.6 Å². The van der Waals surface area contributed by atoms with Crippen molar-refractivity contribution < 1.29 is 4.74 Å². The van der Waals surface area contributed by atoms with E-state index in [0.717, 1.165) is 0 Å². The van der Waals surface area contributed by atoms with Crippen LogP contribution in [-0.2, 0) is 0 Å². The second kappa shape index (κ2) is 3.42. The van der Waals surface area contributed by atoms with Crippen LogP contribution in [0.4, 0.5) is 0 Å². The summed E-state index contributed by atoms with van der Waals surface area (Å²) in [4.78, 5) is 3.99. The first-order chi connectivity index (χ1) is 5.69. The van der Waals surface area contributed by atoms with Gasteiger partial charge in [0.05, 0.1) is 23.4 Å². The number of rotatable bonds is 1. The van der Waals surface area contributed by atoms with Gasteiger partial charge in [0.1, 0.15) is 6.07 Å². The minimum Gasteiger partial charge on any atom is -0.481 e. The fraction of sp³-hybridized carbons (Fsp3) is 0.250. The third kappa shape index (κ3) is 1.49. The summed E-state index contributed by atoms with van der Waals surface area (Å²) < 4.78 is 4.87. The molecule has 62 valence electrons. The van der Waals surface area contributed by atoms with E-state index in [1.165, 1.54) is 13.2 Å². The maximum Gasteiger partial charge on any atom is 0.214 e. The Morgan fingerprint density at radius 1 is 1.67 bits per heavy atom. The van der Waals surface area contributed by atoms with Crippen LogP contribution in [0.2, 0.25) is 5.02 Å². The summed E-state index contributed by atoms with van der Waals surface area (Å²) in [5.41, 5.74) is 0.994. The molecule has 1 aromatic rings. The molecule has 1 rings (SSSR count). The van der Waals surface area contributed by atoms with E-state index in [0.29, 0.717) is 22.2 Å². The lowest BCUT2D eigenvalue weighted by Crippen LogP contribution is -1.93. The summed E-state index contributed by atoms with van der Waals surface area (Å²) in [6, 6.07) is 3.47. The van der Waals surface area contributed by atoms with E-state index in [9.17, 15) is 0 Å². The average Bonchev–Trinajstić information content (AvgIpc) is 2.09. The van der Waals surface area contributed by atoms with Gasteiger partial charge >= 0.3 is 0 Å². The van der Waals surface area contributed by atoms with Gasteiger partial charge < -0.3 is 4.74 Å². The average molecular weight is 183 g/mol. The van der Waals surface area contributed by atoms with Crippen LogP contribution in [-0.4, -0.2) is 12.1 Å². The highest BCUT2D eigenvalue weighted by Crippen LogP contribution is 2.22. The maximum atomic E-state index is 8.65. The molecule has 0 saturated heterocycles. The first-order valence-corrected chi connectivity index (χ1v) is 3.68. The first-order valence-electron chi connectivity index (χ1n) is 3.30. The van der Waals surface area contributed by atoms with Crippen molar-refractivity contribution in [3.05, 3.63) is 22.3 Å². The zero-order valence-electron chi connectivity index (χ0n) is 6.76. The molecule has 0 radical (unpaired) electrons. The Balaban J connectivity index is 3.31. The summed E-state index contributed by atoms with van der Waals surface area (Å²) >= 11 is 5.78. The summed E-state index contributed by atoms with van der Waals surface area (Å²) in [5, 5.41) is 9.03. The minimum absolute atomic E-state index is 0.387. The Hall–Kier alpha value is -1.27. The predicted octanol–water partition coefficient (Wildman–Crippen LogP) is 1.92. The molecule has 0 fully saturated rings. The zero-order valence-corrected chi connectivity index (χ0v) is 7.51. The van der Waals surface area contributed by atoms with Crippen LogP contribution in [0.5, 0.6) is 5.88 Å². The maximum absolute atomic E-state index is 8.65. The Morgan fingerprint density at radius 3 is 2.83 bits per heavy atom. The van der Waals surface area contributed by atoms with Gasteiger partial charge in [-0.15, -0.1) is 0 Å². The van der Waals surface area contributed by atoms with Gasteiger partial charge in [0.15, 0.2) is 0 Å². The second-order valence-electron chi connectivity index (χ2n) is 2.22. The first kappa shape index (κ1) is 8.82. The number of nitriles is 1. The smallest absolute Gasteiger partial charge is 0.214 e. The molecular weight excluding hydrogens is 176 g/mol. The number of aryl methyl sites for hydroxylation is 1. The van der Waals surface area contributed by atoms with Crippen molar-refractivity contribution in [2.24, 2.45) is 0 Å². The molecular formula is C8H7ClN2O. The molecule has 0 saturated carbocycles. The van der Waals surface area contributed by atoms with Gasteiger partial charge in [-0.25, -0.2) is 4.98 Å². The van der Waals surface area contributed by atoms with Gasteiger partial charge in [-0.05, 0) is 6.92 Å². The Bertz CT molecular complexity index is 344. The fourth-order valence-electron chi connectivity index (χ4n) is 0.814. The van der Waals surface area contributed by atoms with Gasteiger partial charge in [0.2, 0.25) is 5.88 Å². The van der Waals surface area contributed by atoms with Crippen molar-refractivity contribution in [2.45, 2.75) is 6.92 Å². The van der Waals surface area contributed by atoms with Crippen molar-refractivity contribution in [3.63, 3.8) is 0 Å². The summed E-state index contributed by atoms with van der Waals surface area (Å²) in [6.07, 6.45) is 0. The predicted molar refractivity (Wildman–Crippen MR) is 45.3 cm³/mol. The zero-order chi connectivity index (χ0) is 9.14. The Kier molecular flexibility index (Phi) is 2.51. The normalized spacial score (nSPS) is 9.17. The molecule has 0 N–H and O–H groups in total. The van der Waals surface area contributed by atoms with Crippen molar-refractivity contribution in [2.75, 3.05) is 7.11 Å². The Labute approximate surface area is 75.6 Å². The molecule has 0 spiro atoms. The quantitative estimate of drug-likeness (QED) is 0.667. The number of methoxy groups -OCH3 is 1.